The topological polar surface area (TPSA) is 33.1 Å². The van der Waals surface area contributed by atoms with Crippen molar-refractivity contribution in [1.29, 1.82) is 0 Å². The van der Waals surface area contributed by atoms with Crippen molar-refractivity contribution in [2.45, 2.75) is 51.7 Å². The van der Waals surface area contributed by atoms with Gasteiger partial charge in [-0.05, 0) is 45.6 Å². The van der Waals surface area contributed by atoms with Gasteiger partial charge in [-0.2, -0.15) is 5.10 Å². The van der Waals surface area contributed by atoms with E-state index in [4.69, 9.17) is 0 Å². The summed E-state index contributed by atoms with van der Waals surface area (Å²) in [6.07, 6.45) is 2.83. The van der Waals surface area contributed by atoms with Crippen LogP contribution in [0.25, 0.3) is 0 Å². The zero-order valence-corrected chi connectivity index (χ0v) is 12.6. The lowest BCUT2D eigenvalue weighted by molar-refractivity contribution is 0.0512. The van der Waals surface area contributed by atoms with Crippen LogP contribution in [0, 0.1) is 12.8 Å². The fourth-order valence-electron chi connectivity index (χ4n) is 3.14. The molecule has 0 radical (unpaired) electrons. The molecule has 106 valence electrons. The van der Waals surface area contributed by atoms with E-state index >= 15 is 0 Å². The fraction of sp³-hybridized carbons (Fsp3) is 0.800. The molecule has 0 bridgehead atoms. The fourth-order valence-corrected chi connectivity index (χ4v) is 3.14. The molecule has 1 N–H and O–H groups in total. The van der Waals surface area contributed by atoms with Gasteiger partial charge in [0.15, 0.2) is 0 Å². The second kappa shape index (κ2) is 4.60. The van der Waals surface area contributed by atoms with Crippen LogP contribution in [0.5, 0.6) is 0 Å². The molecule has 2 heterocycles. The van der Waals surface area contributed by atoms with Crippen molar-refractivity contribution in [3.63, 3.8) is 0 Å². The molecule has 2 fully saturated rings. The van der Waals surface area contributed by atoms with Crippen LogP contribution in [-0.4, -0.2) is 39.4 Å². The molecule has 19 heavy (non-hydrogen) atoms. The van der Waals surface area contributed by atoms with Crippen LogP contribution >= 0.6 is 0 Å². The first-order valence-corrected chi connectivity index (χ1v) is 7.44. The largest absolute Gasteiger partial charge is 0.311 e. The molecule has 2 aliphatic rings. The Morgan fingerprint density at radius 3 is 2.74 bits per heavy atom. The summed E-state index contributed by atoms with van der Waals surface area (Å²) < 4.78 is 2.03. The van der Waals surface area contributed by atoms with Gasteiger partial charge < -0.3 is 5.32 Å². The highest BCUT2D eigenvalue weighted by Gasteiger charge is 2.40. The molecule has 1 aliphatic heterocycles. The maximum absolute atomic E-state index is 4.47. The van der Waals surface area contributed by atoms with E-state index in [1.54, 1.807) is 0 Å². The maximum Gasteiger partial charge on any atom is 0.0597 e. The number of nitrogens with one attached hydrogen (secondary N) is 1. The molecule has 1 aromatic heterocycles. The van der Waals surface area contributed by atoms with Crippen molar-refractivity contribution in [2.75, 3.05) is 13.1 Å². The maximum atomic E-state index is 4.47. The quantitative estimate of drug-likeness (QED) is 0.900. The van der Waals surface area contributed by atoms with Crippen molar-refractivity contribution in [3.05, 3.63) is 17.5 Å². The van der Waals surface area contributed by atoms with Crippen LogP contribution in [0.3, 0.4) is 0 Å². The number of piperazine rings is 1. The predicted molar refractivity (Wildman–Crippen MR) is 76.9 cm³/mol. The molecule has 3 rings (SSSR count). The smallest absolute Gasteiger partial charge is 0.0597 e. The normalized spacial score (nSPS) is 27.7. The highest BCUT2D eigenvalue weighted by molar-refractivity contribution is 5.10. The Bertz CT molecular complexity index is 459. The Hall–Kier alpha value is -0.870. The lowest BCUT2D eigenvalue weighted by Crippen LogP contribution is -2.62. The zero-order valence-electron chi connectivity index (χ0n) is 12.6. The minimum absolute atomic E-state index is 0.226. The third-order valence-electron chi connectivity index (χ3n) is 4.71. The average Bonchev–Trinajstić information content (AvgIpc) is 3.10. The minimum Gasteiger partial charge on any atom is -0.311 e. The molecule has 1 saturated carbocycles. The van der Waals surface area contributed by atoms with Gasteiger partial charge in [0.25, 0.3) is 0 Å². The highest BCUT2D eigenvalue weighted by atomic mass is 15.3. The molecule has 0 aromatic carbocycles. The van der Waals surface area contributed by atoms with E-state index in [2.05, 4.69) is 49.2 Å². The van der Waals surface area contributed by atoms with Crippen molar-refractivity contribution in [3.8, 4) is 0 Å². The Balaban J connectivity index is 1.74. The summed E-state index contributed by atoms with van der Waals surface area (Å²) in [4.78, 5) is 2.63. The Morgan fingerprint density at radius 1 is 1.42 bits per heavy atom. The van der Waals surface area contributed by atoms with Crippen LogP contribution in [0.1, 0.15) is 38.1 Å². The van der Waals surface area contributed by atoms with E-state index in [-0.39, 0.29) is 5.54 Å². The summed E-state index contributed by atoms with van der Waals surface area (Å²) >= 11 is 0. The van der Waals surface area contributed by atoms with Crippen LogP contribution in [0.2, 0.25) is 0 Å². The van der Waals surface area contributed by atoms with E-state index in [1.165, 1.54) is 25.1 Å². The summed E-state index contributed by atoms with van der Waals surface area (Å²) in [7, 11) is 2.05. The Kier molecular flexibility index (Phi) is 3.18. The molecule has 1 saturated heterocycles. The molecule has 1 atom stereocenters. The Morgan fingerprint density at radius 2 is 2.16 bits per heavy atom. The lowest BCUT2D eigenvalue weighted by atomic mass is 9.95. The first-order chi connectivity index (χ1) is 8.95. The number of aryl methyl sites for hydroxylation is 2. The number of nitrogens with zero attached hydrogens (tertiary/aromatic N) is 3. The molecule has 1 aliphatic carbocycles. The molecule has 4 heteroatoms. The van der Waals surface area contributed by atoms with Gasteiger partial charge in [-0.1, -0.05) is 0 Å². The van der Waals surface area contributed by atoms with Crippen molar-refractivity contribution >= 4 is 0 Å². The first-order valence-electron chi connectivity index (χ1n) is 7.44. The second-order valence-corrected chi connectivity index (χ2v) is 6.92. The van der Waals surface area contributed by atoms with Gasteiger partial charge in [-0.15, -0.1) is 0 Å². The molecule has 1 aromatic rings. The standard InChI is InChI=1S/C15H26N4/c1-11-7-13(18(4)17-11)8-19-9-14(12-5-6-12)16-10-15(19,2)3/h7,12,14,16H,5-6,8-10H2,1-4H3. The van der Waals surface area contributed by atoms with Crippen LogP contribution in [-0.2, 0) is 13.6 Å². The van der Waals surface area contributed by atoms with E-state index in [9.17, 15) is 0 Å². The summed E-state index contributed by atoms with van der Waals surface area (Å²) in [5.74, 6) is 0.923. The molecule has 4 nitrogen and oxygen atoms in total. The molecular weight excluding hydrogens is 236 g/mol. The average molecular weight is 262 g/mol. The zero-order chi connectivity index (χ0) is 13.6. The van der Waals surface area contributed by atoms with Gasteiger partial charge in [0.05, 0.1) is 11.4 Å². The summed E-state index contributed by atoms with van der Waals surface area (Å²) in [5, 5.41) is 8.21. The minimum atomic E-state index is 0.226. The third-order valence-corrected chi connectivity index (χ3v) is 4.71. The van der Waals surface area contributed by atoms with Gasteiger partial charge in [-0.25, -0.2) is 0 Å². The summed E-state index contributed by atoms with van der Waals surface area (Å²) in [6.45, 7) is 10.0. The monoisotopic (exact) mass is 262 g/mol. The molecule has 0 amide bonds. The number of rotatable bonds is 3. The summed E-state index contributed by atoms with van der Waals surface area (Å²) in [5.41, 5.74) is 2.66. The van der Waals surface area contributed by atoms with Gasteiger partial charge in [0.2, 0.25) is 0 Å². The second-order valence-electron chi connectivity index (χ2n) is 6.92. The molecule has 0 spiro atoms. The van der Waals surface area contributed by atoms with Crippen molar-refractivity contribution in [2.24, 2.45) is 13.0 Å². The predicted octanol–water partition coefficient (Wildman–Crippen LogP) is 1.69. The Labute approximate surface area is 116 Å². The summed E-state index contributed by atoms with van der Waals surface area (Å²) in [6, 6.07) is 2.91. The van der Waals surface area contributed by atoms with E-state index < -0.39 is 0 Å². The van der Waals surface area contributed by atoms with Gasteiger partial charge in [-0.3, -0.25) is 9.58 Å². The van der Waals surface area contributed by atoms with Gasteiger partial charge in [0, 0.05) is 38.3 Å². The van der Waals surface area contributed by atoms with Gasteiger partial charge in [0.1, 0.15) is 0 Å². The number of hydrogen-bond donors (Lipinski definition) is 1. The lowest BCUT2D eigenvalue weighted by Gasteiger charge is -2.46. The van der Waals surface area contributed by atoms with Crippen LogP contribution < -0.4 is 5.32 Å². The number of aromatic nitrogens is 2. The number of hydrogen-bond acceptors (Lipinski definition) is 3. The molecule has 1 unspecified atom stereocenters. The third kappa shape index (κ3) is 2.70. The van der Waals surface area contributed by atoms with Gasteiger partial charge >= 0.3 is 0 Å². The first kappa shape index (κ1) is 13.1. The van der Waals surface area contributed by atoms with Crippen molar-refractivity contribution in [1.82, 2.24) is 20.0 Å². The van der Waals surface area contributed by atoms with Crippen molar-refractivity contribution < 1.29 is 0 Å². The SMILES string of the molecule is Cc1cc(CN2CC(C3CC3)NCC2(C)C)n(C)n1. The van der Waals surface area contributed by atoms with E-state index in [0.717, 1.165) is 24.7 Å². The van der Waals surface area contributed by atoms with E-state index in [1.807, 2.05) is 4.68 Å². The van der Waals surface area contributed by atoms with Crippen LogP contribution in [0.4, 0.5) is 0 Å². The highest BCUT2D eigenvalue weighted by Crippen LogP contribution is 2.36. The molecular formula is C15H26N4. The van der Waals surface area contributed by atoms with E-state index in [0.29, 0.717) is 6.04 Å². The van der Waals surface area contributed by atoms with Crippen LogP contribution in [0.15, 0.2) is 6.07 Å².